The van der Waals surface area contributed by atoms with Gasteiger partial charge in [-0.3, -0.25) is 4.79 Å². The molecule has 1 amide bonds. The van der Waals surface area contributed by atoms with Crippen LogP contribution in [0.5, 0.6) is 0 Å². The molecule has 1 heterocycles. The lowest BCUT2D eigenvalue weighted by molar-refractivity contribution is -0.137. The van der Waals surface area contributed by atoms with Crippen molar-refractivity contribution < 1.29 is 22.7 Å². The van der Waals surface area contributed by atoms with Crippen LogP contribution in [0.4, 0.5) is 18.9 Å². The number of ether oxygens (including phenoxy) is 1. The van der Waals surface area contributed by atoms with Gasteiger partial charge in [-0.05, 0) is 25.1 Å². The Bertz CT molecular complexity index is 489. The van der Waals surface area contributed by atoms with Crippen molar-refractivity contribution in [3.63, 3.8) is 0 Å². The second-order valence-corrected chi connectivity index (χ2v) is 4.52. The van der Waals surface area contributed by atoms with Gasteiger partial charge in [0.1, 0.15) is 6.61 Å². The van der Waals surface area contributed by atoms with Crippen LogP contribution in [0.1, 0.15) is 12.0 Å². The monoisotopic (exact) mass is 288 g/mol. The van der Waals surface area contributed by atoms with Gasteiger partial charge in [0.05, 0.1) is 23.9 Å². The van der Waals surface area contributed by atoms with Gasteiger partial charge in [0, 0.05) is 0 Å². The smallest absolute Gasteiger partial charge is 0.369 e. The summed E-state index contributed by atoms with van der Waals surface area (Å²) in [7, 11) is 0. The first-order chi connectivity index (χ1) is 9.45. The molecular formula is C13H15F3N2O2. The number of amides is 1. The lowest BCUT2D eigenvalue weighted by Gasteiger charge is -2.36. The molecule has 2 N–H and O–H groups in total. The van der Waals surface area contributed by atoms with Crippen LogP contribution in [0.25, 0.3) is 0 Å². The number of hydrogen-bond acceptors (Lipinski definition) is 3. The number of para-hydroxylation sites is 1. The number of rotatable bonds is 3. The number of halogens is 3. The maximum atomic E-state index is 13.0. The summed E-state index contributed by atoms with van der Waals surface area (Å²) in [5, 5.41) is 0. The normalized spacial score (nSPS) is 20.3. The van der Waals surface area contributed by atoms with Gasteiger partial charge in [0.2, 0.25) is 0 Å². The summed E-state index contributed by atoms with van der Waals surface area (Å²) in [6.07, 6.45) is -4.12. The van der Waals surface area contributed by atoms with Crippen molar-refractivity contribution in [3.8, 4) is 0 Å². The highest BCUT2D eigenvalue weighted by Crippen LogP contribution is 2.37. The standard InChI is InChI=1S/C13H15F3N2O2/c14-13(15,16)10-3-1-2-4-11(10)18-9(5-6-17)7-20-8-12(18)19/h1-4,9H,5-8,17H2. The third-order valence-corrected chi connectivity index (χ3v) is 3.14. The highest BCUT2D eigenvalue weighted by atomic mass is 19.4. The van der Waals surface area contributed by atoms with Crippen LogP contribution in [-0.4, -0.2) is 31.7 Å². The Balaban J connectivity index is 2.44. The lowest BCUT2D eigenvalue weighted by atomic mass is 10.1. The average molecular weight is 288 g/mol. The molecule has 0 aliphatic carbocycles. The fourth-order valence-corrected chi connectivity index (χ4v) is 2.29. The lowest BCUT2D eigenvalue weighted by Crippen LogP contribution is -2.51. The van der Waals surface area contributed by atoms with Gasteiger partial charge >= 0.3 is 6.18 Å². The molecular weight excluding hydrogens is 273 g/mol. The van der Waals surface area contributed by atoms with Crippen molar-refractivity contribution in [3.05, 3.63) is 29.8 Å². The quantitative estimate of drug-likeness (QED) is 0.922. The van der Waals surface area contributed by atoms with Crippen LogP contribution in [0.2, 0.25) is 0 Å². The van der Waals surface area contributed by atoms with Crippen LogP contribution >= 0.6 is 0 Å². The van der Waals surface area contributed by atoms with Crippen molar-refractivity contribution in [1.82, 2.24) is 0 Å². The van der Waals surface area contributed by atoms with E-state index in [9.17, 15) is 18.0 Å². The number of alkyl halides is 3. The summed E-state index contributed by atoms with van der Waals surface area (Å²) in [5.41, 5.74) is 4.50. The van der Waals surface area contributed by atoms with Crippen molar-refractivity contribution in [2.24, 2.45) is 5.73 Å². The first kappa shape index (κ1) is 14.8. The molecule has 0 saturated carbocycles. The van der Waals surface area contributed by atoms with Crippen LogP contribution in [0.3, 0.4) is 0 Å². The molecule has 4 nitrogen and oxygen atoms in total. The Morgan fingerprint density at radius 1 is 1.35 bits per heavy atom. The molecule has 20 heavy (non-hydrogen) atoms. The van der Waals surface area contributed by atoms with E-state index in [1.807, 2.05) is 0 Å². The summed E-state index contributed by atoms with van der Waals surface area (Å²) in [6, 6.07) is 4.58. The average Bonchev–Trinajstić information content (AvgIpc) is 2.38. The second kappa shape index (κ2) is 5.80. The fraction of sp³-hybridized carbons (Fsp3) is 0.462. The molecule has 1 fully saturated rings. The Kier molecular flexibility index (Phi) is 4.29. The van der Waals surface area contributed by atoms with Gasteiger partial charge in [-0.25, -0.2) is 0 Å². The Labute approximate surface area is 114 Å². The summed E-state index contributed by atoms with van der Waals surface area (Å²) in [5.74, 6) is -0.480. The van der Waals surface area contributed by atoms with E-state index in [0.29, 0.717) is 6.42 Å². The van der Waals surface area contributed by atoms with Gasteiger partial charge in [-0.1, -0.05) is 12.1 Å². The van der Waals surface area contributed by atoms with Crippen molar-refractivity contribution >= 4 is 11.6 Å². The van der Waals surface area contributed by atoms with Gasteiger partial charge in [-0.2, -0.15) is 13.2 Å². The first-order valence-corrected chi connectivity index (χ1v) is 6.21. The highest BCUT2D eigenvalue weighted by Gasteiger charge is 2.38. The van der Waals surface area contributed by atoms with E-state index < -0.39 is 23.7 Å². The van der Waals surface area contributed by atoms with E-state index in [2.05, 4.69) is 0 Å². The van der Waals surface area contributed by atoms with Gasteiger partial charge in [0.15, 0.2) is 0 Å². The van der Waals surface area contributed by atoms with E-state index in [-0.39, 0.29) is 25.4 Å². The van der Waals surface area contributed by atoms with E-state index in [4.69, 9.17) is 10.5 Å². The first-order valence-electron chi connectivity index (χ1n) is 6.21. The van der Waals surface area contributed by atoms with Crippen molar-refractivity contribution in [1.29, 1.82) is 0 Å². The molecule has 1 aromatic rings. The zero-order valence-corrected chi connectivity index (χ0v) is 10.7. The van der Waals surface area contributed by atoms with Crippen molar-refractivity contribution in [2.75, 3.05) is 24.7 Å². The topological polar surface area (TPSA) is 55.6 Å². The SMILES string of the molecule is NCCC1COCC(=O)N1c1ccccc1C(F)(F)F. The minimum atomic E-state index is -4.51. The Hall–Kier alpha value is -1.60. The molecule has 1 unspecified atom stereocenters. The number of hydrogen-bond donors (Lipinski definition) is 1. The minimum Gasteiger partial charge on any atom is -0.369 e. The fourth-order valence-electron chi connectivity index (χ4n) is 2.29. The number of nitrogens with two attached hydrogens (primary N) is 1. The number of benzene rings is 1. The number of morpholine rings is 1. The molecule has 1 aromatic carbocycles. The highest BCUT2D eigenvalue weighted by molar-refractivity contribution is 5.96. The molecule has 0 aromatic heterocycles. The Morgan fingerprint density at radius 3 is 2.70 bits per heavy atom. The summed E-state index contributed by atoms with van der Waals surface area (Å²) >= 11 is 0. The summed E-state index contributed by atoms with van der Waals surface area (Å²) < 4.78 is 44.2. The number of anilines is 1. The van der Waals surface area contributed by atoms with E-state index in [0.717, 1.165) is 6.07 Å². The molecule has 0 radical (unpaired) electrons. The van der Waals surface area contributed by atoms with Crippen LogP contribution < -0.4 is 10.6 Å². The third kappa shape index (κ3) is 2.94. The summed E-state index contributed by atoms with van der Waals surface area (Å²) in [6.45, 7) is 0.244. The number of carbonyl (C=O) groups excluding carboxylic acids is 1. The second-order valence-electron chi connectivity index (χ2n) is 4.52. The molecule has 1 aliphatic rings. The number of carbonyl (C=O) groups is 1. The predicted molar refractivity (Wildman–Crippen MR) is 67.2 cm³/mol. The van der Waals surface area contributed by atoms with Gasteiger partial charge in [0.25, 0.3) is 5.91 Å². The maximum absolute atomic E-state index is 13.0. The van der Waals surface area contributed by atoms with Crippen LogP contribution in [0, 0.1) is 0 Å². The summed E-state index contributed by atoms with van der Waals surface area (Å²) in [4.78, 5) is 13.1. The largest absolute Gasteiger partial charge is 0.418 e. The molecule has 1 atom stereocenters. The van der Waals surface area contributed by atoms with Crippen LogP contribution in [-0.2, 0) is 15.7 Å². The molecule has 0 spiro atoms. The maximum Gasteiger partial charge on any atom is 0.418 e. The third-order valence-electron chi connectivity index (χ3n) is 3.14. The van der Waals surface area contributed by atoms with Gasteiger partial charge in [-0.15, -0.1) is 0 Å². The molecule has 2 rings (SSSR count). The van der Waals surface area contributed by atoms with Gasteiger partial charge < -0.3 is 15.4 Å². The molecule has 1 saturated heterocycles. The van der Waals surface area contributed by atoms with E-state index in [1.165, 1.54) is 23.1 Å². The van der Waals surface area contributed by atoms with E-state index in [1.54, 1.807) is 0 Å². The Morgan fingerprint density at radius 2 is 2.05 bits per heavy atom. The molecule has 110 valence electrons. The van der Waals surface area contributed by atoms with E-state index >= 15 is 0 Å². The zero-order valence-electron chi connectivity index (χ0n) is 10.7. The number of nitrogens with zero attached hydrogens (tertiary/aromatic N) is 1. The molecule has 0 bridgehead atoms. The van der Waals surface area contributed by atoms with Crippen LogP contribution in [0.15, 0.2) is 24.3 Å². The van der Waals surface area contributed by atoms with Crippen molar-refractivity contribution in [2.45, 2.75) is 18.6 Å². The predicted octanol–water partition coefficient (Wildman–Crippen LogP) is 1.79. The molecule has 7 heteroatoms. The zero-order chi connectivity index (χ0) is 14.8. The molecule has 1 aliphatic heterocycles. The minimum absolute atomic E-state index is 0.133.